The highest BCUT2D eigenvalue weighted by molar-refractivity contribution is 5.84. The summed E-state index contributed by atoms with van der Waals surface area (Å²) in [6.45, 7) is 2.16. The summed E-state index contributed by atoms with van der Waals surface area (Å²) in [7, 11) is 0. The van der Waals surface area contributed by atoms with Crippen molar-refractivity contribution in [3.63, 3.8) is 0 Å². The normalized spacial score (nSPS) is 25.2. The van der Waals surface area contributed by atoms with Crippen molar-refractivity contribution in [1.29, 1.82) is 0 Å². The number of carboxylic acids is 1. The molecule has 1 rings (SSSR count). The minimum Gasteiger partial charge on any atom is -0.481 e. The van der Waals surface area contributed by atoms with E-state index >= 15 is 0 Å². The number of aliphatic hydroxyl groups is 2. The van der Waals surface area contributed by atoms with Crippen molar-refractivity contribution in [2.45, 2.75) is 76.9 Å². The Morgan fingerprint density at radius 1 is 1.28 bits per heavy atom. The van der Waals surface area contributed by atoms with Gasteiger partial charge >= 0.3 is 5.97 Å². The lowest BCUT2D eigenvalue weighted by Crippen LogP contribution is -2.18. The van der Waals surface area contributed by atoms with Crippen molar-refractivity contribution >= 4 is 11.8 Å². The number of hydrogen-bond donors (Lipinski definition) is 3. The summed E-state index contributed by atoms with van der Waals surface area (Å²) < 4.78 is 0. The van der Waals surface area contributed by atoms with E-state index in [0.29, 0.717) is 19.3 Å². The second kappa shape index (κ2) is 12.0. The average molecular weight is 352 g/mol. The molecule has 0 aromatic heterocycles. The molecule has 5 heteroatoms. The van der Waals surface area contributed by atoms with Crippen molar-refractivity contribution in [3.8, 4) is 0 Å². The number of carbonyl (C=O) groups excluding carboxylic acids is 1. The third kappa shape index (κ3) is 8.45. The molecule has 0 saturated heterocycles. The van der Waals surface area contributed by atoms with E-state index in [1.807, 2.05) is 6.08 Å². The molecule has 142 valence electrons. The lowest BCUT2D eigenvalue weighted by Gasteiger charge is -2.16. The van der Waals surface area contributed by atoms with Gasteiger partial charge in [-0.2, -0.15) is 0 Å². The molecule has 0 unspecified atom stereocenters. The third-order valence-corrected chi connectivity index (χ3v) is 4.71. The number of Topliss-reactive ketones (excluding diaryl/α,β-unsaturated/α-hetero) is 1. The van der Waals surface area contributed by atoms with Gasteiger partial charge in [-0.15, -0.1) is 0 Å². The van der Waals surface area contributed by atoms with Gasteiger partial charge in [-0.05, 0) is 32.1 Å². The van der Waals surface area contributed by atoms with Crippen LogP contribution >= 0.6 is 0 Å². The van der Waals surface area contributed by atoms with Crippen molar-refractivity contribution in [2.75, 3.05) is 0 Å². The molecule has 1 saturated carbocycles. The zero-order valence-corrected chi connectivity index (χ0v) is 15.1. The molecule has 25 heavy (non-hydrogen) atoms. The molecule has 3 N–H and O–H groups in total. The fourth-order valence-corrected chi connectivity index (χ4v) is 3.22. The predicted molar refractivity (Wildman–Crippen MR) is 97.1 cm³/mol. The van der Waals surface area contributed by atoms with E-state index < -0.39 is 18.2 Å². The van der Waals surface area contributed by atoms with E-state index in [1.54, 1.807) is 12.2 Å². The van der Waals surface area contributed by atoms with Crippen LogP contribution in [0.15, 0.2) is 24.3 Å². The standard InChI is InChI=1S/C20H32O5/c1-2-3-4-5-6-7-10-16-17(19(23)14-18(16)22)13-12-15(21)9-8-11-20(24)25/h6-7,12-13,15-17,19,21,23H,2-5,8-11,14H2,1H3,(H,24,25)/b7-6-,13-12+/t15-,16-,17-,19+/m1/s1. The Bertz CT molecular complexity index is 469. The van der Waals surface area contributed by atoms with Crippen molar-refractivity contribution in [1.82, 2.24) is 0 Å². The number of allylic oxidation sites excluding steroid dienone is 2. The molecule has 0 aromatic carbocycles. The number of aliphatic carboxylic acids is 1. The number of rotatable bonds is 12. The molecule has 0 aliphatic heterocycles. The Morgan fingerprint density at radius 2 is 2.04 bits per heavy atom. The molecule has 0 amide bonds. The molecular weight excluding hydrogens is 320 g/mol. The molecule has 1 fully saturated rings. The first-order valence-electron chi connectivity index (χ1n) is 9.39. The molecule has 0 aromatic rings. The Hall–Kier alpha value is -1.46. The number of carbonyl (C=O) groups is 2. The van der Waals surface area contributed by atoms with E-state index in [0.717, 1.165) is 12.8 Å². The molecule has 1 aliphatic rings. The lowest BCUT2D eigenvalue weighted by atomic mass is 9.90. The van der Waals surface area contributed by atoms with Gasteiger partial charge in [-0.1, -0.05) is 44.1 Å². The molecular formula is C20H32O5. The predicted octanol–water partition coefficient (Wildman–Crippen LogP) is 3.25. The lowest BCUT2D eigenvalue weighted by molar-refractivity contribution is -0.137. The van der Waals surface area contributed by atoms with E-state index in [4.69, 9.17) is 5.11 Å². The highest BCUT2D eigenvalue weighted by Gasteiger charge is 2.39. The van der Waals surface area contributed by atoms with Gasteiger partial charge in [-0.3, -0.25) is 9.59 Å². The summed E-state index contributed by atoms with van der Waals surface area (Å²) in [5.74, 6) is -1.32. The number of unbranched alkanes of at least 4 members (excludes halogenated alkanes) is 3. The fourth-order valence-electron chi connectivity index (χ4n) is 3.22. The highest BCUT2D eigenvalue weighted by atomic mass is 16.4. The van der Waals surface area contributed by atoms with Crippen LogP contribution in [-0.4, -0.2) is 39.3 Å². The zero-order valence-electron chi connectivity index (χ0n) is 15.1. The third-order valence-electron chi connectivity index (χ3n) is 4.71. The quantitative estimate of drug-likeness (QED) is 0.370. The van der Waals surface area contributed by atoms with Crippen LogP contribution in [-0.2, 0) is 9.59 Å². The molecule has 0 spiro atoms. The van der Waals surface area contributed by atoms with E-state index in [2.05, 4.69) is 13.0 Å². The smallest absolute Gasteiger partial charge is 0.303 e. The maximum absolute atomic E-state index is 12.1. The Labute approximate surface area is 150 Å². The largest absolute Gasteiger partial charge is 0.481 e. The van der Waals surface area contributed by atoms with Crippen molar-refractivity contribution < 1.29 is 24.9 Å². The maximum Gasteiger partial charge on any atom is 0.303 e. The SMILES string of the molecule is CCCCC/C=C\C[C@H]1C(=O)C[C@H](O)[C@@H]1/C=C/[C@H](O)CCCC(=O)O. The molecule has 5 nitrogen and oxygen atoms in total. The van der Waals surface area contributed by atoms with Crippen molar-refractivity contribution in [3.05, 3.63) is 24.3 Å². The Kier molecular flexibility index (Phi) is 10.3. The first-order chi connectivity index (χ1) is 12.0. The fraction of sp³-hybridized carbons (Fsp3) is 0.700. The van der Waals surface area contributed by atoms with Crippen LogP contribution in [0.4, 0.5) is 0 Å². The molecule has 0 heterocycles. The highest BCUT2D eigenvalue weighted by Crippen LogP contribution is 2.33. The molecule has 0 radical (unpaired) electrons. The monoisotopic (exact) mass is 352 g/mol. The second-order valence-electron chi connectivity index (χ2n) is 6.86. The number of ketones is 1. The van der Waals surface area contributed by atoms with Crippen molar-refractivity contribution in [2.24, 2.45) is 11.8 Å². The van der Waals surface area contributed by atoms with E-state index in [-0.39, 0.29) is 30.5 Å². The van der Waals surface area contributed by atoms with Gasteiger partial charge in [0.1, 0.15) is 5.78 Å². The molecule has 4 atom stereocenters. The number of aliphatic hydroxyl groups excluding tert-OH is 2. The summed E-state index contributed by atoms with van der Waals surface area (Å²) >= 11 is 0. The summed E-state index contributed by atoms with van der Waals surface area (Å²) in [6, 6.07) is 0. The van der Waals surface area contributed by atoms with Crippen LogP contribution in [0, 0.1) is 11.8 Å². The molecule has 1 aliphatic carbocycles. The summed E-state index contributed by atoms with van der Waals surface area (Å²) in [4.78, 5) is 22.6. The van der Waals surface area contributed by atoms with Gasteiger partial charge in [0.15, 0.2) is 0 Å². The number of carboxylic acid groups (broad SMARTS) is 1. The first-order valence-corrected chi connectivity index (χ1v) is 9.39. The van der Waals surface area contributed by atoms with Crippen LogP contribution in [0.3, 0.4) is 0 Å². The zero-order chi connectivity index (χ0) is 18.7. The van der Waals surface area contributed by atoms with Gasteiger partial charge in [0, 0.05) is 24.7 Å². The first kappa shape index (κ1) is 21.6. The van der Waals surface area contributed by atoms with E-state index in [1.165, 1.54) is 12.8 Å². The maximum atomic E-state index is 12.1. The average Bonchev–Trinajstić information content (AvgIpc) is 2.81. The summed E-state index contributed by atoms with van der Waals surface area (Å²) in [5.41, 5.74) is 0. The van der Waals surface area contributed by atoms with Gasteiger partial charge in [0.2, 0.25) is 0 Å². The molecule has 0 bridgehead atoms. The van der Waals surface area contributed by atoms with Crippen LogP contribution in [0.1, 0.15) is 64.7 Å². The summed E-state index contributed by atoms with van der Waals surface area (Å²) in [6.07, 6.45) is 12.1. The van der Waals surface area contributed by atoms with Gasteiger partial charge in [0.05, 0.1) is 12.2 Å². The minimum absolute atomic E-state index is 0.0287. The topological polar surface area (TPSA) is 94.8 Å². The van der Waals surface area contributed by atoms with Gasteiger partial charge in [-0.25, -0.2) is 0 Å². The Balaban J connectivity index is 2.49. The van der Waals surface area contributed by atoms with Gasteiger partial charge in [0.25, 0.3) is 0 Å². The second-order valence-corrected chi connectivity index (χ2v) is 6.86. The minimum atomic E-state index is -0.876. The Morgan fingerprint density at radius 3 is 2.72 bits per heavy atom. The van der Waals surface area contributed by atoms with Crippen LogP contribution < -0.4 is 0 Å². The van der Waals surface area contributed by atoms with Crippen LogP contribution in [0.2, 0.25) is 0 Å². The number of hydrogen-bond acceptors (Lipinski definition) is 4. The van der Waals surface area contributed by atoms with Gasteiger partial charge < -0.3 is 15.3 Å². The van der Waals surface area contributed by atoms with E-state index in [9.17, 15) is 19.8 Å². The summed E-state index contributed by atoms with van der Waals surface area (Å²) in [5, 5.41) is 28.6. The van der Waals surface area contributed by atoms with Crippen LogP contribution in [0.5, 0.6) is 0 Å². The van der Waals surface area contributed by atoms with Crippen LogP contribution in [0.25, 0.3) is 0 Å².